The number of likely N-dealkylation sites (N-methyl/N-ethyl adjacent to an activating group) is 1. The van der Waals surface area contributed by atoms with Crippen LogP contribution in [-0.2, 0) is 4.74 Å². The molecule has 0 saturated carbocycles. The molecular formula is C16H25FN2O. The van der Waals surface area contributed by atoms with Gasteiger partial charge in [-0.25, -0.2) is 4.39 Å². The Morgan fingerprint density at radius 2 is 2.25 bits per heavy atom. The Kier molecular flexibility index (Phi) is 5.38. The van der Waals surface area contributed by atoms with Crippen LogP contribution in [0, 0.1) is 5.82 Å². The molecule has 0 aliphatic carbocycles. The molecule has 0 radical (unpaired) electrons. The monoisotopic (exact) mass is 280 g/mol. The molecule has 1 aromatic carbocycles. The first-order valence-corrected chi connectivity index (χ1v) is 7.42. The van der Waals surface area contributed by atoms with Crippen molar-refractivity contribution in [2.75, 3.05) is 32.1 Å². The Labute approximate surface area is 121 Å². The normalized spacial score (nSPS) is 20.7. The lowest BCUT2D eigenvalue weighted by molar-refractivity contribution is 0.0215. The molecule has 1 aliphatic heterocycles. The lowest BCUT2D eigenvalue weighted by Crippen LogP contribution is -2.34. The second-order valence-corrected chi connectivity index (χ2v) is 5.56. The van der Waals surface area contributed by atoms with Crippen molar-refractivity contribution in [3.8, 4) is 0 Å². The van der Waals surface area contributed by atoms with Crippen LogP contribution in [0.25, 0.3) is 0 Å². The summed E-state index contributed by atoms with van der Waals surface area (Å²) in [5.74, 6) is -0.164. The minimum Gasteiger partial charge on any atom is -0.376 e. The van der Waals surface area contributed by atoms with Crippen LogP contribution in [-0.4, -0.2) is 33.4 Å². The van der Waals surface area contributed by atoms with Crippen molar-refractivity contribution >= 4 is 5.69 Å². The average molecular weight is 280 g/mol. The first kappa shape index (κ1) is 15.3. The number of nitrogens with one attached hydrogen (secondary N) is 1. The fraction of sp³-hybridized carbons (Fsp3) is 0.625. The minimum absolute atomic E-state index is 0.121. The molecule has 2 atom stereocenters. The molecule has 112 valence electrons. The number of benzene rings is 1. The number of halogens is 1. The molecule has 1 saturated heterocycles. The van der Waals surface area contributed by atoms with Crippen molar-refractivity contribution < 1.29 is 9.13 Å². The van der Waals surface area contributed by atoms with Gasteiger partial charge in [-0.1, -0.05) is 12.1 Å². The van der Waals surface area contributed by atoms with Gasteiger partial charge in [-0.2, -0.15) is 0 Å². The molecule has 1 aromatic rings. The van der Waals surface area contributed by atoms with Gasteiger partial charge in [0.25, 0.3) is 0 Å². The first-order chi connectivity index (χ1) is 9.63. The molecule has 1 heterocycles. The quantitative estimate of drug-likeness (QED) is 0.897. The predicted molar refractivity (Wildman–Crippen MR) is 80.7 cm³/mol. The molecule has 1 fully saturated rings. The van der Waals surface area contributed by atoms with E-state index in [4.69, 9.17) is 4.74 Å². The van der Waals surface area contributed by atoms with E-state index in [1.807, 2.05) is 32.0 Å². The van der Waals surface area contributed by atoms with E-state index in [-0.39, 0.29) is 18.0 Å². The highest BCUT2D eigenvalue weighted by Gasteiger charge is 2.21. The lowest BCUT2D eigenvalue weighted by Gasteiger charge is -2.31. The Morgan fingerprint density at radius 3 is 2.90 bits per heavy atom. The molecule has 2 rings (SSSR count). The molecule has 0 bridgehead atoms. The van der Waals surface area contributed by atoms with Crippen LogP contribution in [0.3, 0.4) is 0 Å². The van der Waals surface area contributed by atoms with Crippen LogP contribution in [0.2, 0.25) is 0 Å². The van der Waals surface area contributed by atoms with Crippen molar-refractivity contribution in [3.63, 3.8) is 0 Å². The molecule has 20 heavy (non-hydrogen) atoms. The molecule has 0 amide bonds. The standard InChI is InChI=1S/C16H25FN2O/c1-12(18-2)14-8-6-9-15(17)16(14)19(3)11-13-7-4-5-10-20-13/h6,8-9,12-13,18H,4-5,7,10-11H2,1-3H3. The van der Waals surface area contributed by atoms with Gasteiger partial charge in [0.2, 0.25) is 0 Å². The zero-order valence-corrected chi connectivity index (χ0v) is 12.7. The van der Waals surface area contributed by atoms with Gasteiger partial charge in [-0.05, 0) is 44.9 Å². The Balaban J connectivity index is 2.17. The van der Waals surface area contributed by atoms with Crippen LogP contribution < -0.4 is 10.2 Å². The van der Waals surface area contributed by atoms with Gasteiger partial charge in [-0.3, -0.25) is 0 Å². The van der Waals surface area contributed by atoms with Crippen molar-refractivity contribution in [1.82, 2.24) is 5.32 Å². The second-order valence-electron chi connectivity index (χ2n) is 5.56. The summed E-state index contributed by atoms with van der Waals surface area (Å²) < 4.78 is 20.0. The smallest absolute Gasteiger partial charge is 0.146 e. The topological polar surface area (TPSA) is 24.5 Å². The number of nitrogens with zero attached hydrogens (tertiary/aromatic N) is 1. The summed E-state index contributed by atoms with van der Waals surface area (Å²) in [5, 5.41) is 3.18. The van der Waals surface area contributed by atoms with Crippen molar-refractivity contribution in [3.05, 3.63) is 29.6 Å². The third-order valence-electron chi connectivity index (χ3n) is 4.05. The highest BCUT2D eigenvalue weighted by atomic mass is 19.1. The van der Waals surface area contributed by atoms with Crippen LogP contribution >= 0.6 is 0 Å². The summed E-state index contributed by atoms with van der Waals surface area (Å²) in [4.78, 5) is 1.99. The van der Waals surface area contributed by atoms with Crippen LogP contribution in [0.4, 0.5) is 10.1 Å². The van der Waals surface area contributed by atoms with Gasteiger partial charge in [-0.15, -0.1) is 0 Å². The van der Waals surface area contributed by atoms with Gasteiger partial charge >= 0.3 is 0 Å². The number of hydrogen-bond donors (Lipinski definition) is 1. The summed E-state index contributed by atoms with van der Waals surface area (Å²) in [5.41, 5.74) is 1.68. The molecule has 0 spiro atoms. The molecule has 0 aromatic heterocycles. The Morgan fingerprint density at radius 1 is 1.45 bits per heavy atom. The summed E-state index contributed by atoms with van der Waals surface area (Å²) in [7, 11) is 3.84. The number of hydrogen-bond acceptors (Lipinski definition) is 3. The van der Waals surface area contributed by atoms with Crippen molar-refractivity contribution in [1.29, 1.82) is 0 Å². The summed E-state index contributed by atoms with van der Waals surface area (Å²) in [6.45, 7) is 3.61. The van der Waals surface area contributed by atoms with Crippen LogP contribution in [0.15, 0.2) is 18.2 Å². The van der Waals surface area contributed by atoms with E-state index in [0.29, 0.717) is 5.69 Å². The van der Waals surface area contributed by atoms with Gasteiger partial charge in [0.1, 0.15) is 5.82 Å². The summed E-state index contributed by atoms with van der Waals surface area (Å²) in [6, 6.07) is 5.40. The van der Waals surface area contributed by atoms with E-state index in [2.05, 4.69) is 5.32 Å². The second kappa shape index (κ2) is 7.04. The lowest BCUT2D eigenvalue weighted by atomic mass is 10.0. The van der Waals surface area contributed by atoms with E-state index < -0.39 is 0 Å². The van der Waals surface area contributed by atoms with Crippen LogP contribution in [0.1, 0.15) is 37.8 Å². The fourth-order valence-electron chi connectivity index (χ4n) is 2.79. The van der Waals surface area contributed by atoms with E-state index in [9.17, 15) is 4.39 Å². The van der Waals surface area contributed by atoms with Crippen LogP contribution in [0.5, 0.6) is 0 Å². The van der Waals surface area contributed by atoms with Gasteiger partial charge in [0.05, 0.1) is 11.8 Å². The number of anilines is 1. The highest BCUT2D eigenvalue weighted by molar-refractivity contribution is 5.55. The number of ether oxygens (including phenoxy) is 1. The van der Waals surface area contributed by atoms with E-state index >= 15 is 0 Å². The maximum absolute atomic E-state index is 14.2. The average Bonchev–Trinajstić information content (AvgIpc) is 2.47. The fourth-order valence-corrected chi connectivity index (χ4v) is 2.79. The van der Waals surface area contributed by atoms with Gasteiger partial charge in [0.15, 0.2) is 0 Å². The van der Waals surface area contributed by atoms with Crippen molar-refractivity contribution in [2.45, 2.75) is 38.3 Å². The zero-order valence-electron chi connectivity index (χ0n) is 12.7. The molecule has 3 nitrogen and oxygen atoms in total. The third kappa shape index (κ3) is 3.49. The maximum atomic E-state index is 14.2. The zero-order chi connectivity index (χ0) is 14.5. The predicted octanol–water partition coefficient (Wildman–Crippen LogP) is 3.11. The Bertz CT molecular complexity index is 432. The number of rotatable bonds is 5. The maximum Gasteiger partial charge on any atom is 0.146 e. The molecule has 1 N–H and O–H groups in total. The van der Waals surface area contributed by atoms with E-state index in [0.717, 1.165) is 31.6 Å². The third-order valence-corrected chi connectivity index (χ3v) is 4.05. The largest absolute Gasteiger partial charge is 0.376 e. The first-order valence-electron chi connectivity index (χ1n) is 7.42. The van der Waals surface area contributed by atoms with Crippen molar-refractivity contribution in [2.24, 2.45) is 0 Å². The van der Waals surface area contributed by atoms with Gasteiger partial charge in [0, 0.05) is 26.2 Å². The highest BCUT2D eigenvalue weighted by Crippen LogP contribution is 2.29. The van der Waals surface area contributed by atoms with E-state index in [1.54, 1.807) is 6.07 Å². The molecular weight excluding hydrogens is 255 g/mol. The Hall–Kier alpha value is -1.13. The molecule has 4 heteroatoms. The summed E-state index contributed by atoms with van der Waals surface area (Å²) >= 11 is 0. The van der Waals surface area contributed by atoms with Gasteiger partial charge < -0.3 is 15.0 Å². The number of para-hydroxylation sites is 1. The SMILES string of the molecule is CNC(C)c1cccc(F)c1N(C)CC1CCCCO1. The summed E-state index contributed by atoms with van der Waals surface area (Å²) in [6.07, 6.45) is 3.62. The van der Waals surface area contributed by atoms with E-state index in [1.165, 1.54) is 12.5 Å². The minimum atomic E-state index is -0.164. The molecule has 1 aliphatic rings. The molecule has 2 unspecified atom stereocenters.